The maximum Gasteiger partial charge on any atom is 0.137 e. The zero-order valence-electron chi connectivity index (χ0n) is 13.7. The van der Waals surface area contributed by atoms with E-state index in [2.05, 4.69) is 4.90 Å². The van der Waals surface area contributed by atoms with Crippen molar-refractivity contribution in [1.29, 1.82) is 0 Å². The van der Waals surface area contributed by atoms with Crippen LogP contribution in [0.4, 0.5) is 0 Å². The Kier molecular flexibility index (Phi) is 5.74. The molecule has 0 aromatic heterocycles. The Hall–Kier alpha value is -0.370. The van der Waals surface area contributed by atoms with Crippen LogP contribution in [0, 0.1) is 5.92 Å². The summed E-state index contributed by atoms with van der Waals surface area (Å²) >= 11 is 0. The van der Waals surface area contributed by atoms with Crippen LogP contribution >= 0.6 is 0 Å². The van der Waals surface area contributed by atoms with Gasteiger partial charge >= 0.3 is 0 Å². The number of hydrogen-bond acceptors (Lipinski definition) is 2. The molecular weight excluding hydrogens is 258 g/mol. The first kappa shape index (κ1) is 15.5. The monoisotopic (exact) mass is 291 g/mol. The van der Waals surface area contributed by atoms with Gasteiger partial charge in [-0.05, 0) is 38.5 Å². The molecule has 0 aromatic rings. The van der Waals surface area contributed by atoms with Crippen LogP contribution in [-0.2, 0) is 4.79 Å². The van der Waals surface area contributed by atoms with Gasteiger partial charge in [0.05, 0.1) is 0 Å². The number of Topliss-reactive ketones (excluding diaryl/α,β-unsaturated/α-hetero) is 1. The lowest BCUT2D eigenvalue weighted by atomic mass is 9.84. The van der Waals surface area contributed by atoms with Crippen LogP contribution in [0.15, 0.2) is 0 Å². The average Bonchev–Trinajstić information content (AvgIpc) is 2.56. The van der Waals surface area contributed by atoms with E-state index in [1.165, 1.54) is 70.6 Å². The number of nitrogens with zero attached hydrogens (tertiary/aromatic N) is 1. The third-order valence-electron chi connectivity index (χ3n) is 6.20. The highest BCUT2D eigenvalue weighted by molar-refractivity contribution is 5.81. The largest absolute Gasteiger partial charge is 0.299 e. The van der Waals surface area contributed by atoms with Crippen LogP contribution in [0.25, 0.3) is 0 Å². The normalized spacial score (nSPS) is 30.0. The van der Waals surface area contributed by atoms with Crippen LogP contribution < -0.4 is 0 Å². The molecule has 1 atom stereocenters. The van der Waals surface area contributed by atoms with E-state index in [1.54, 1.807) is 0 Å². The van der Waals surface area contributed by atoms with Gasteiger partial charge in [0, 0.05) is 31.0 Å². The third-order valence-corrected chi connectivity index (χ3v) is 6.20. The molecule has 0 N–H and O–H groups in total. The fraction of sp³-hybridized carbons (Fsp3) is 0.947. The maximum atomic E-state index is 12.3. The second-order valence-corrected chi connectivity index (χ2v) is 7.69. The van der Waals surface area contributed by atoms with E-state index >= 15 is 0 Å². The first-order chi connectivity index (χ1) is 10.3. The van der Waals surface area contributed by atoms with E-state index in [4.69, 9.17) is 0 Å². The predicted octanol–water partition coefficient (Wildman–Crippen LogP) is 4.71. The van der Waals surface area contributed by atoms with Crippen molar-refractivity contribution in [2.45, 2.75) is 102 Å². The Morgan fingerprint density at radius 3 is 1.76 bits per heavy atom. The zero-order valence-corrected chi connectivity index (χ0v) is 13.7. The highest BCUT2D eigenvalue weighted by Crippen LogP contribution is 2.32. The number of carbonyl (C=O) groups is 1. The molecule has 21 heavy (non-hydrogen) atoms. The van der Waals surface area contributed by atoms with Gasteiger partial charge in [-0.1, -0.05) is 44.9 Å². The smallest absolute Gasteiger partial charge is 0.137 e. The summed E-state index contributed by atoms with van der Waals surface area (Å²) < 4.78 is 0. The molecule has 0 heterocycles. The van der Waals surface area contributed by atoms with Crippen molar-refractivity contribution in [2.75, 3.05) is 6.54 Å². The van der Waals surface area contributed by atoms with Crippen molar-refractivity contribution < 1.29 is 4.79 Å². The summed E-state index contributed by atoms with van der Waals surface area (Å²) in [4.78, 5) is 15.1. The molecule has 0 radical (unpaired) electrons. The minimum Gasteiger partial charge on any atom is -0.299 e. The van der Waals surface area contributed by atoms with Gasteiger partial charge in [0.2, 0.25) is 0 Å². The van der Waals surface area contributed by atoms with Gasteiger partial charge in [0.25, 0.3) is 0 Å². The first-order valence-electron chi connectivity index (χ1n) is 9.63. The SMILES string of the molecule is O=C1CCCCC1CN(C1CCCCC1)C1CCCCC1. The zero-order chi connectivity index (χ0) is 14.5. The van der Waals surface area contributed by atoms with Crippen molar-refractivity contribution in [1.82, 2.24) is 4.90 Å². The molecule has 3 aliphatic rings. The molecule has 3 saturated carbocycles. The summed E-state index contributed by atoms with van der Waals surface area (Å²) in [5, 5.41) is 0. The fourth-order valence-electron chi connectivity index (χ4n) is 4.92. The summed E-state index contributed by atoms with van der Waals surface area (Å²) in [6.45, 7) is 1.09. The number of carbonyl (C=O) groups excluding carboxylic acids is 1. The van der Waals surface area contributed by atoms with Gasteiger partial charge in [0.15, 0.2) is 0 Å². The molecule has 0 aliphatic heterocycles. The topological polar surface area (TPSA) is 20.3 Å². The molecule has 1 unspecified atom stereocenters. The second-order valence-electron chi connectivity index (χ2n) is 7.69. The van der Waals surface area contributed by atoms with E-state index in [-0.39, 0.29) is 0 Å². The Labute approximate surface area is 130 Å². The molecule has 0 aromatic carbocycles. The minimum absolute atomic E-state index is 0.364. The Morgan fingerprint density at radius 1 is 0.714 bits per heavy atom. The molecule has 0 amide bonds. The van der Waals surface area contributed by atoms with E-state index in [9.17, 15) is 4.79 Å². The van der Waals surface area contributed by atoms with Crippen LogP contribution in [0.1, 0.15) is 89.9 Å². The van der Waals surface area contributed by atoms with Crippen molar-refractivity contribution in [3.8, 4) is 0 Å². The van der Waals surface area contributed by atoms with E-state index in [0.717, 1.165) is 37.9 Å². The van der Waals surface area contributed by atoms with Gasteiger partial charge in [-0.3, -0.25) is 9.69 Å². The lowest BCUT2D eigenvalue weighted by Gasteiger charge is -2.43. The van der Waals surface area contributed by atoms with Gasteiger partial charge in [-0.15, -0.1) is 0 Å². The lowest BCUT2D eigenvalue weighted by Crippen LogP contribution is -2.48. The summed E-state index contributed by atoms with van der Waals surface area (Å²) in [6, 6.07) is 1.58. The Balaban J connectivity index is 1.66. The molecule has 120 valence electrons. The first-order valence-corrected chi connectivity index (χ1v) is 9.63. The van der Waals surface area contributed by atoms with Crippen LogP contribution in [0.2, 0.25) is 0 Å². The highest BCUT2D eigenvalue weighted by atomic mass is 16.1. The summed E-state index contributed by atoms with van der Waals surface area (Å²) in [5.41, 5.74) is 0. The predicted molar refractivity (Wildman–Crippen MR) is 87.4 cm³/mol. The molecule has 0 bridgehead atoms. The number of rotatable bonds is 4. The highest BCUT2D eigenvalue weighted by Gasteiger charge is 2.33. The Morgan fingerprint density at radius 2 is 1.24 bits per heavy atom. The molecule has 0 spiro atoms. The number of hydrogen-bond donors (Lipinski definition) is 0. The van der Waals surface area contributed by atoms with E-state index < -0.39 is 0 Å². The lowest BCUT2D eigenvalue weighted by molar-refractivity contribution is -0.126. The molecule has 2 nitrogen and oxygen atoms in total. The molecule has 3 rings (SSSR count). The molecule has 0 saturated heterocycles. The second kappa shape index (κ2) is 7.76. The quantitative estimate of drug-likeness (QED) is 0.747. The standard InChI is InChI=1S/C19H33NO/c21-19-14-8-7-9-16(19)15-20(17-10-3-1-4-11-17)18-12-5-2-6-13-18/h16-18H,1-15H2. The van der Waals surface area contributed by atoms with Gasteiger partial charge in [0.1, 0.15) is 5.78 Å². The minimum atomic E-state index is 0.364. The molecule has 3 fully saturated rings. The van der Waals surface area contributed by atoms with Crippen LogP contribution in [0.3, 0.4) is 0 Å². The summed E-state index contributed by atoms with van der Waals surface area (Å²) in [7, 11) is 0. The molecular formula is C19H33NO. The molecule has 3 aliphatic carbocycles. The van der Waals surface area contributed by atoms with E-state index in [1.807, 2.05) is 0 Å². The van der Waals surface area contributed by atoms with Crippen molar-refractivity contribution in [3.63, 3.8) is 0 Å². The van der Waals surface area contributed by atoms with Crippen molar-refractivity contribution >= 4 is 5.78 Å². The maximum absolute atomic E-state index is 12.3. The average molecular weight is 291 g/mol. The third kappa shape index (κ3) is 4.09. The van der Waals surface area contributed by atoms with Crippen molar-refractivity contribution in [3.05, 3.63) is 0 Å². The number of ketones is 1. The van der Waals surface area contributed by atoms with Crippen LogP contribution in [0.5, 0.6) is 0 Å². The molecule has 2 heteroatoms. The summed E-state index contributed by atoms with van der Waals surface area (Å²) in [5.74, 6) is 0.931. The van der Waals surface area contributed by atoms with Gasteiger partial charge in [-0.2, -0.15) is 0 Å². The fourth-order valence-corrected chi connectivity index (χ4v) is 4.92. The Bertz CT molecular complexity index is 310. The van der Waals surface area contributed by atoms with Gasteiger partial charge < -0.3 is 0 Å². The van der Waals surface area contributed by atoms with Crippen molar-refractivity contribution in [2.24, 2.45) is 5.92 Å². The van der Waals surface area contributed by atoms with Gasteiger partial charge in [-0.25, -0.2) is 0 Å². The van der Waals surface area contributed by atoms with E-state index in [0.29, 0.717) is 11.7 Å². The summed E-state index contributed by atoms with van der Waals surface area (Å²) in [6.07, 6.45) is 18.5. The van der Waals surface area contributed by atoms with Crippen LogP contribution in [-0.4, -0.2) is 29.3 Å².